The number of rotatable bonds is 4. The second-order valence-corrected chi connectivity index (χ2v) is 4.12. The molecule has 1 heterocycles. The number of halogens is 2. The summed E-state index contributed by atoms with van der Waals surface area (Å²) in [6, 6.07) is 3.39. The number of nitrogens with zero attached hydrogens (tertiary/aromatic N) is 3. The van der Waals surface area contributed by atoms with E-state index in [4.69, 9.17) is 32.7 Å². The summed E-state index contributed by atoms with van der Waals surface area (Å²) in [4.78, 5) is 0. The van der Waals surface area contributed by atoms with Crippen LogP contribution in [0.4, 0.5) is 0 Å². The number of benzene rings is 1. The zero-order valence-corrected chi connectivity index (χ0v) is 11.4. The molecule has 0 saturated carbocycles. The second kappa shape index (κ2) is 5.46. The third kappa shape index (κ3) is 2.37. The van der Waals surface area contributed by atoms with Crippen molar-refractivity contribution in [3.63, 3.8) is 0 Å². The van der Waals surface area contributed by atoms with Crippen LogP contribution in [0.25, 0.3) is 5.69 Å². The van der Waals surface area contributed by atoms with E-state index in [2.05, 4.69) is 10.3 Å². The summed E-state index contributed by atoms with van der Waals surface area (Å²) in [5.41, 5.74) is 1.36. The number of alkyl halides is 1. The van der Waals surface area contributed by atoms with Crippen molar-refractivity contribution < 1.29 is 9.47 Å². The molecule has 1 aromatic carbocycles. The van der Waals surface area contributed by atoms with E-state index in [1.807, 2.05) is 0 Å². The molecule has 2 rings (SSSR count). The van der Waals surface area contributed by atoms with Crippen molar-refractivity contribution in [2.75, 3.05) is 14.2 Å². The molecule has 0 aliphatic carbocycles. The third-order valence-corrected chi connectivity index (χ3v) is 2.95. The minimum atomic E-state index is 0.299. The zero-order chi connectivity index (χ0) is 13.1. The first kappa shape index (κ1) is 13.0. The topological polar surface area (TPSA) is 49.2 Å². The van der Waals surface area contributed by atoms with Crippen molar-refractivity contribution in [1.82, 2.24) is 15.0 Å². The molecule has 0 unspecified atom stereocenters. The fourth-order valence-corrected chi connectivity index (χ4v) is 1.85. The van der Waals surface area contributed by atoms with E-state index >= 15 is 0 Å². The SMILES string of the molecule is COc1cc(-n2cc(CCl)nn2)c(OC)cc1Cl. The molecule has 1 aromatic heterocycles. The highest BCUT2D eigenvalue weighted by Crippen LogP contribution is 2.34. The predicted molar refractivity (Wildman–Crippen MR) is 69.0 cm³/mol. The Balaban J connectivity index is 2.54. The van der Waals surface area contributed by atoms with E-state index in [0.717, 1.165) is 0 Å². The van der Waals surface area contributed by atoms with Crippen molar-refractivity contribution >= 4 is 23.2 Å². The monoisotopic (exact) mass is 287 g/mol. The van der Waals surface area contributed by atoms with Gasteiger partial charge in [0.2, 0.25) is 0 Å². The maximum Gasteiger partial charge on any atom is 0.146 e. The Labute approximate surface area is 114 Å². The number of hydrogen-bond donors (Lipinski definition) is 0. The molecule has 2 aromatic rings. The smallest absolute Gasteiger partial charge is 0.146 e. The minimum absolute atomic E-state index is 0.299. The quantitative estimate of drug-likeness (QED) is 0.812. The Morgan fingerprint density at radius 2 is 1.94 bits per heavy atom. The first-order valence-electron chi connectivity index (χ1n) is 5.08. The molecule has 0 bridgehead atoms. The van der Waals surface area contributed by atoms with Gasteiger partial charge in [0.15, 0.2) is 0 Å². The lowest BCUT2D eigenvalue weighted by Gasteiger charge is -2.11. The molecule has 0 N–H and O–H groups in total. The molecule has 0 atom stereocenters. The molecular weight excluding hydrogens is 277 g/mol. The molecule has 0 radical (unpaired) electrons. The fourth-order valence-electron chi connectivity index (χ4n) is 1.50. The Hall–Kier alpha value is -1.46. The molecule has 0 fully saturated rings. The molecule has 0 aliphatic heterocycles. The van der Waals surface area contributed by atoms with E-state index in [1.54, 1.807) is 37.2 Å². The van der Waals surface area contributed by atoms with Gasteiger partial charge in [0, 0.05) is 12.1 Å². The van der Waals surface area contributed by atoms with Crippen LogP contribution in [0, 0.1) is 0 Å². The Kier molecular flexibility index (Phi) is 3.93. The highest BCUT2D eigenvalue weighted by atomic mass is 35.5. The zero-order valence-electron chi connectivity index (χ0n) is 9.85. The van der Waals surface area contributed by atoms with Gasteiger partial charge >= 0.3 is 0 Å². The Bertz CT molecular complexity index is 557. The van der Waals surface area contributed by atoms with Crippen molar-refractivity contribution in [2.45, 2.75) is 5.88 Å². The molecule has 0 aliphatic rings. The lowest BCUT2D eigenvalue weighted by molar-refractivity contribution is 0.400. The summed E-state index contributed by atoms with van der Waals surface area (Å²) in [5.74, 6) is 1.41. The summed E-state index contributed by atoms with van der Waals surface area (Å²) < 4.78 is 12.0. The molecule has 5 nitrogen and oxygen atoms in total. The van der Waals surface area contributed by atoms with Gasteiger partial charge in [0.05, 0.1) is 37.0 Å². The number of aromatic nitrogens is 3. The van der Waals surface area contributed by atoms with Gasteiger partial charge < -0.3 is 9.47 Å². The maximum atomic E-state index is 6.03. The maximum absolute atomic E-state index is 6.03. The highest BCUT2D eigenvalue weighted by Gasteiger charge is 2.13. The largest absolute Gasteiger partial charge is 0.495 e. The van der Waals surface area contributed by atoms with E-state index < -0.39 is 0 Å². The third-order valence-electron chi connectivity index (χ3n) is 2.38. The standard InChI is InChI=1S/C11H11Cl2N3O2/c1-17-10-4-9(11(18-2)3-8(10)13)16-6-7(5-12)14-15-16/h3-4,6H,5H2,1-2H3. The average Bonchev–Trinajstić information content (AvgIpc) is 2.87. The van der Waals surface area contributed by atoms with Crippen LogP contribution < -0.4 is 9.47 Å². The van der Waals surface area contributed by atoms with Crippen LogP contribution in [0.3, 0.4) is 0 Å². The Morgan fingerprint density at radius 1 is 1.22 bits per heavy atom. The minimum Gasteiger partial charge on any atom is -0.495 e. The van der Waals surface area contributed by atoms with E-state index in [-0.39, 0.29) is 0 Å². The van der Waals surface area contributed by atoms with Crippen LogP contribution in [-0.2, 0) is 5.88 Å². The fraction of sp³-hybridized carbons (Fsp3) is 0.273. The van der Waals surface area contributed by atoms with Crippen molar-refractivity contribution in [2.24, 2.45) is 0 Å². The lowest BCUT2D eigenvalue weighted by atomic mass is 10.2. The summed E-state index contributed by atoms with van der Waals surface area (Å²) in [6.45, 7) is 0. The summed E-state index contributed by atoms with van der Waals surface area (Å²) in [6.07, 6.45) is 1.72. The van der Waals surface area contributed by atoms with Gasteiger partial charge in [-0.25, -0.2) is 4.68 Å². The molecule has 96 valence electrons. The van der Waals surface area contributed by atoms with Crippen molar-refractivity contribution in [3.8, 4) is 17.2 Å². The van der Waals surface area contributed by atoms with Gasteiger partial charge in [0.1, 0.15) is 17.2 Å². The first-order valence-corrected chi connectivity index (χ1v) is 6.00. The summed E-state index contributed by atoms with van der Waals surface area (Å²) >= 11 is 11.7. The van der Waals surface area contributed by atoms with Crippen LogP contribution in [0.15, 0.2) is 18.3 Å². The van der Waals surface area contributed by atoms with Gasteiger partial charge in [-0.05, 0) is 0 Å². The second-order valence-electron chi connectivity index (χ2n) is 3.45. The molecule has 0 amide bonds. The number of hydrogen-bond acceptors (Lipinski definition) is 4. The van der Waals surface area contributed by atoms with Crippen molar-refractivity contribution in [1.29, 1.82) is 0 Å². The van der Waals surface area contributed by atoms with Crippen molar-refractivity contribution in [3.05, 3.63) is 29.0 Å². The van der Waals surface area contributed by atoms with Crippen LogP contribution in [-0.4, -0.2) is 29.2 Å². The summed E-state index contributed by atoms with van der Waals surface area (Å²) in [7, 11) is 3.10. The van der Waals surface area contributed by atoms with Gasteiger partial charge in [-0.1, -0.05) is 16.8 Å². The van der Waals surface area contributed by atoms with Crippen LogP contribution in [0.1, 0.15) is 5.69 Å². The molecular formula is C11H11Cl2N3O2. The summed E-state index contributed by atoms with van der Waals surface area (Å²) in [5, 5.41) is 8.36. The predicted octanol–water partition coefficient (Wildman–Crippen LogP) is 2.68. The van der Waals surface area contributed by atoms with E-state index in [0.29, 0.717) is 33.8 Å². The molecule has 0 spiro atoms. The van der Waals surface area contributed by atoms with Crippen LogP contribution in [0.2, 0.25) is 5.02 Å². The molecule has 7 heteroatoms. The van der Waals surface area contributed by atoms with Crippen LogP contribution >= 0.6 is 23.2 Å². The average molecular weight is 288 g/mol. The lowest BCUT2D eigenvalue weighted by Crippen LogP contribution is -2.00. The molecule has 0 saturated heterocycles. The van der Waals surface area contributed by atoms with Crippen LogP contribution in [0.5, 0.6) is 11.5 Å². The highest BCUT2D eigenvalue weighted by molar-refractivity contribution is 6.32. The number of ether oxygens (including phenoxy) is 2. The number of methoxy groups -OCH3 is 2. The van der Waals surface area contributed by atoms with Gasteiger partial charge in [-0.15, -0.1) is 16.7 Å². The van der Waals surface area contributed by atoms with Gasteiger partial charge in [-0.3, -0.25) is 0 Å². The van der Waals surface area contributed by atoms with E-state index in [9.17, 15) is 0 Å². The van der Waals surface area contributed by atoms with E-state index in [1.165, 1.54) is 0 Å². The molecule has 18 heavy (non-hydrogen) atoms. The van der Waals surface area contributed by atoms with Gasteiger partial charge in [-0.2, -0.15) is 0 Å². The van der Waals surface area contributed by atoms with Gasteiger partial charge in [0.25, 0.3) is 0 Å². The first-order chi connectivity index (χ1) is 8.69. The normalized spacial score (nSPS) is 10.4. The Morgan fingerprint density at radius 3 is 2.50 bits per heavy atom.